The first kappa shape index (κ1) is 21.2. The van der Waals surface area contributed by atoms with Gasteiger partial charge in [-0.1, -0.05) is 30.0 Å². The van der Waals surface area contributed by atoms with Crippen molar-refractivity contribution in [2.24, 2.45) is 0 Å². The van der Waals surface area contributed by atoms with Gasteiger partial charge in [-0.25, -0.2) is 4.68 Å². The van der Waals surface area contributed by atoms with Gasteiger partial charge in [0, 0.05) is 21.8 Å². The van der Waals surface area contributed by atoms with Gasteiger partial charge in [0.15, 0.2) is 11.6 Å². The normalized spacial score (nSPS) is 11.1. The van der Waals surface area contributed by atoms with Crippen molar-refractivity contribution in [3.8, 4) is 17.1 Å². The van der Waals surface area contributed by atoms with Gasteiger partial charge in [-0.15, -0.1) is 21.5 Å². The van der Waals surface area contributed by atoms with E-state index in [4.69, 9.17) is 10.6 Å². The van der Waals surface area contributed by atoms with Crippen molar-refractivity contribution in [2.75, 3.05) is 18.7 Å². The third-order valence-electron chi connectivity index (χ3n) is 5.11. The number of aromatic nitrogens is 4. The van der Waals surface area contributed by atoms with Crippen molar-refractivity contribution in [3.63, 3.8) is 0 Å². The van der Waals surface area contributed by atoms with Crippen LogP contribution in [0.2, 0.25) is 0 Å². The van der Waals surface area contributed by atoms with E-state index in [9.17, 15) is 4.79 Å². The summed E-state index contributed by atoms with van der Waals surface area (Å²) in [6.45, 7) is 4.79. The zero-order chi connectivity index (χ0) is 22.0. The number of ketones is 1. The van der Waals surface area contributed by atoms with E-state index in [2.05, 4.69) is 26.2 Å². The van der Waals surface area contributed by atoms with Gasteiger partial charge in [-0.3, -0.25) is 4.79 Å². The molecule has 7 nitrogen and oxygen atoms in total. The Bertz CT molecular complexity index is 1210. The number of aryl methyl sites for hydroxylation is 1. The topological polar surface area (TPSA) is 88.0 Å². The number of carbonyl (C=O) groups is 1. The van der Waals surface area contributed by atoms with Gasteiger partial charge in [0.1, 0.15) is 5.75 Å². The van der Waals surface area contributed by atoms with Crippen molar-refractivity contribution in [1.29, 1.82) is 0 Å². The number of nitrogens with two attached hydrogens (primary N) is 1. The van der Waals surface area contributed by atoms with Crippen LogP contribution in [-0.2, 0) is 6.54 Å². The number of benzene rings is 1. The fourth-order valence-corrected chi connectivity index (χ4v) is 4.91. The minimum atomic E-state index is 0.0392. The molecule has 0 atom stereocenters. The highest BCUT2D eigenvalue weighted by Crippen LogP contribution is 2.30. The maximum atomic E-state index is 12.9. The molecule has 0 aliphatic carbocycles. The molecule has 4 aromatic rings. The minimum absolute atomic E-state index is 0.0392. The molecule has 31 heavy (non-hydrogen) atoms. The number of Topliss-reactive ketones (excluding diaryl/α,β-unsaturated/α-hetero) is 1. The van der Waals surface area contributed by atoms with Crippen LogP contribution < -0.4 is 10.6 Å². The van der Waals surface area contributed by atoms with Crippen molar-refractivity contribution < 1.29 is 9.53 Å². The molecule has 3 heterocycles. The lowest BCUT2D eigenvalue weighted by Gasteiger charge is -2.08. The van der Waals surface area contributed by atoms with Crippen LogP contribution in [0.1, 0.15) is 26.6 Å². The van der Waals surface area contributed by atoms with Crippen LogP contribution in [0.5, 0.6) is 5.75 Å². The second-order valence-electron chi connectivity index (χ2n) is 7.04. The van der Waals surface area contributed by atoms with Gasteiger partial charge >= 0.3 is 0 Å². The molecule has 2 N–H and O–H groups in total. The van der Waals surface area contributed by atoms with Crippen LogP contribution in [0, 0.1) is 13.8 Å². The highest BCUT2D eigenvalue weighted by atomic mass is 32.2. The van der Waals surface area contributed by atoms with E-state index < -0.39 is 0 Å². The molecule has 0 saturated carbocycles. The molecule has 0 aliphatic heterocycles. The summed E-state index contributed by atoms with van der Waals surface area (Å²) in [4.78, 5) is 14.2. The molecule has 0 aliphatic rings. The van der Waals surface area contributed by atoms with Crippen molar-refractivity contribution >= 4 is 28.9 Å². The lowest BCUT2D eigenvalue weighted by atomic mass is 10.2. The third kappa shape index (κ3) is 4.24. The number of nitrogen functional groups attached to an aromatic ring is 1. The molecular weight excluding hydrogens is 430 g/mol. The fraction of sp³-hybridized carbons (Fsp3) is 0.227. The number of nitrogens with zero attached hydrogens (tertiary/aromatic N) is 4. The van der Waals surface area contributed by atoms with Crippen molar-refractivity contribution in [2.45, 2.75) is 25.5 Å². The summed E-state index contributed by atoms with van der Waals surface area (Å²) in [7, 11) is 1.60. The Balaban J connectivity index is 1.49. The summed E-state index contributed by atoms with van der Waals surface area (Å²) in [6, 6.07) is 13.6. The first-order valence-corrected chi connectivity index (χ1v) is 11.5. The lowest BCUT2D eigenvalue weighted by molar-refractivity contribution is 0.102. The monoisotopic (exact) mass is 453 g/mol. The molecule has 0 fully saturated rings. The molecule has 9 heteroatoms. The Hall–Kier alpha value is -3.04. The Labute approximate surface area is 188 Å². The van der Waals surface area contributed by atoms with Gasteiger partial charge in [0.05, 0.1) is 25.0 Å². The third-order valence-corrected chi connectivity index (χ3v) is 6.92. The average Bonchev–Trinajstić information content (AvgIpc) is 3.49. The fourth-order valence-electron chi connectivity index (χ4n) is 3.48. The number of hydrogen-bond acceptors (Lipinski definition) is 7. The van der Waals surface area contributed by atoms with Gasteiger partial charge < -0.3 is 15.1 Å². The number of carbonyl (C=O) groups excluding carboxylic acids is 1. The molecule has 0 unspecified atom stereocenters. The Morgan fingerprint density at radius 3 is 2.74 bits per heavy atom. The quantitative estimate of drug-likeness (QED) is 0.245. The molecule has 0 spiro atoms. The summed E-state index contributed by atoms with van der Waals surface area (Å²) in [5.41, 5.74) is 3.52. The molecule has 1 aromatic carbocycles. The van der Waals surface area contributed by atoms with E-state index in [1.165, 1.54) is 21.3 Å². The summed E-state index contributed by atoms with van der Waals surface area (Å²) < 4.78 is 8.96. The van der Waals surface area contributed by atoms with Gasteiger partial charge in [0.2, 0.25) is 5.16 Å². The highest BCUT2D eigenvalue weighted by Gasteiger charge is 2.20. The van der Waals surface area contributed by atoms with Crippen molar-refractivity contribution in [3.05, 3.63) is 69.7 Å². The standard InChI is InChI=1S/C22H23N5O2S2/c1-14-11-18(15(2)26(14)12-16-7-6-10-30-16)19(28)13-31-22-25-24-21(27(22)23)17-8-4-5-9-20(17)29-3/h4-11H,12-13,23H2,1-3H3. The number of ether oxygens (including phenoxy) is 1. The lowest BCUT2D eigenvalue weighted by Crippen LogP contribution is -2.13. The molecular formula is C22H23N5O2S2. The first-order valence-electron chi connectivity index (χ1n) is 9.68. The van der Waals surface area contributed by atoms with Crippen LogP contribution in [0.4, 0.5) is 0 Å². The number of hydrogen-bond donors (Lipinski definition) is 1. The number of para-hydroxylation sites is 1. The summed E-state index contributed by atoms with van der Waals surface area (Å²) in [5.74, 6) is 7.63. The van der Waals surface area contributed by atoms with E-state index in [-0.39, 0.29) is 11.5 Å². The molecule has 0 saturated heterocycles. The highest BCUT2D eigenvalue weighted by molar-refractivity contribution is 7.99. The van der Waals surface area contributed by atoms with Crippen molar-refractivity contribution in [1.82, 2.24) is 19.4 Å². The SMILES string of the molecule is COc1ccccc1-c1nnc(SCC(=O)c2cc(C)n(Cc3cccs3)c2C)n1N. The molecule has 0 amide bonds. The molecule has 4 rings (SSSR count). The van der Waals surface area contributed by atoms with Gasteiger partial charge in [-0.05, 0) is 43.5 Å². The zero-order valence-electron chi connectivity index (χ0n) is 17.5. The maximum absolute atomic E-state index is 12.9. The van der Waals surface area contributed by atoms with E-state index in [1.807, 2.05) is 50.2 Å². The smallest absolute Gasteiger partial charge is 0.210 e. The predicted octanol–water partition coefficient (Wildman–Crippen LogP) is 4.17. The number of rotatable bonds is 8. The largest absolute Gasteiger partial charge is 0.496 e. The zero-order valence-corrected chi connectivity index (χ0v) is 19.2. The van der Waals surface area contributed by atoms with E-state index in [1.54, 1.807) is 18.4 Å². The number of methoxy groups -OCH3 is 1. The van der Waals surface area contributed by atoms with Gasteiger partial charge in [-0.2, -0.15) is 0 Å². The van der Waals surface area contributed by atoms with Crippen LogP contribution in [-0.4, -0.2) is 38.1 Å². The van der Waals surface area contributed by atoms with Gasteiger partial charge in [0.25, 0.3) is 0 Å². The Morgan fingerprint density at radius 2 is 2.00 bits per heavy atom. The summed E-state index contributed by atoms with van der Waals surface area (Å²) in [5, 5.41) is 10.9. The Kier molecular flexibility index (Phi) is 6.15. The minimum Gasteiger partial charge on any atom is -0.496 e. The van der Waals surface area contributed by atoms with Crippen LogP contribution in [0.3, 0.4) is 0 Å². The molecule has 0 radical (unpaired) electrons. The second kappa shape index (κ2) is 8.99. The molecule has 160 valence electrons. The molecule has 0 bridgehead atoms. The number of thioether (sulfide) groups is 1. The predicted molar refractivity (Wildman–Crippen MR) is 125 cm³/mol. The maximum Gasteiger partial charge on any atom is 0.210 e. The van der Waals surface area contributed by atoms with E-state index in [0.717, 1.165) is 29.1 Å². The van der Waals surface area contributed by atoms with E-state index in [0.29, 0.717) is 16.7 Å². The summed E-state index contributed by atoms with van der Waals surface area (Å²) in [6.07, 6.45) is 0. The van der Waals surface area contributed by atoms with Crippen LogP contribution in [0.25, 0.3) is 11.4 Å². The van der Waals surface area contributed by atoms with Crippen LogP contribution in [0.15, 0.2) is 53.0 Å². The molecule has 3 aromatic heterocycles. The average molecular weight is 454 g/mol. The number of thiophene rings is 1. The second-order valence-corrected chi connectivity index (χ2v) is 9.01. The van der Waals surface area contributed by atoms with E-state index >= 15 is 0 Å². The Morgan fingerprint density at radius 1 is 1.19 bits per heavy atom. The first-order chi connectivity index (χ1) is 15.0. The summed E-state index contributed by atoms with van der Waals surface area (Å²) >= 11 is 2.99. The van der Waals surface area contributed by atoms with Crippen LogP contribution >= 0.6 is 23.1 Å².